The minimum atomic E-state index is -0.320. The third-order valence-corrected chi connectivity index (χ3v) is 4.48. The number of halogens is 1. The monoisotopic (exact) mass is 350 g/mol. The zero-order valence-corrected chi connectivity index (χ0v) is 13.8. The van der Waals surface area contributed by atoms with Crippen LogP contribution in [0.5, 0.6) is 0 Å². The van der Waals surface area contributed by atoms with Crippen molar-refractivity contribution < 1.29 is 9.53 Å². The van der Waals surface area contributed by atoms with Gasteiger partial charge < -0.3 is 4.74 Å². The molecule has 0 amide bonds. The molecule has 0 saturated carbocycles. The second kappa shape index (κ2) is 6.95. The second-order valence-corrected chi connectivity index (χ2v) is 6.26. The summed E-state index contributed by atoms with van der Waals surface area (Å²) in [5.41, 5.74) is 1.88. The molecule has 0 fully saturated rings. The third-order valence-electron chi connectivity index (χ3n) is 2.91. The van der Waals surface area contributed by atoms with Crippen LogP contribution in [0.4, 0.5) is 0 Å². The molecule has 0 unspecified atom stereocenters. The molecule has 2 nitrogen and oxygen atoms in total. The molecule has 2 aromatic rings. The summed E-state index contributed by atoms with van der Waals surface area (Å²) < 4.78 is 5.70. The molecule has 0 aliphatic heterocycles. The number of aryl methyl sites for hydroxylation is 1. The largest absolute Gasteiger partial charge is 0.465 e. The minimum absolute atomic E-state index is 0.320. The second-order valence-electron chi connectivity index (χ2n) is 4.23. The molecule has 4 heteroatoms. The Bertz CT molecular complexity index is 608. The highest BCUT2D eigenvalue weighted by Gasteiger charge is 2.13. The van der Waals surface area contributed by atoms with Crippen molar-refractivity contribution in [3.05, 3.63) is 58.1 Å². The number of carbonyl (C=O) groups is 1. The summed E-state index contributed by atoms with van der Waals surface area (Å²) in [5.74, 6) is -0.320. The van der Waals surface area contributed by atoms with Gasteiger partial charge in [-0.1, -0.05) is 46.7 Å². The Kier molecular flexibility index (Phi) is 5.26. The number of benzene rings is 2. The van der Waals surface area contributed by atoms with Crippen molar-refractivity contribution in [3.63, 3.8) is 0 Å². The highest BCUT2D eigenvalue weighted by atomic mass is 79.9. The lowest BCUT2D eigenvalue weighted by Gasteiger charge is -2.08. The summed E-state index contributed by atoms with van der Waals surface area (Å²) in [4.78, 5) is 13.8. The maximum Gasteiger partial charge on any atom is 0.339 e. The van der Waals surface area contributed by atoms with E-state index in [0.717, 1.165) is 20.7 Å². The standard InChI is InChI=1S/C16H15BrO2S/c1-3-11-4-7-13(8-5-11)20-15-9-6-12(17)10-14(15)16(18)19-2/h4-10H,3H2,1-2H3. The van der Waals surface area contributed by atoms with Gasteiger partial charge >= 0.3 is 5.97 Å². The van der Waals surface area contributed by atoms with E-state index in [1.54, 1.807) is 17.8 Å². The van der Waals surface area contributed by atoms with E-state index < -0.39 is 0 Å². The Balaban J connectivity index is 2.30. The fourth-order valence-electron chi connectivity index (χ4n) is 1.78. The first-order valence-corrected chi connectivity index (χ1v) is 7.89. The maximum absolute atomic E-state index is 11.8. The minimum Gasteiger partial charge on any atom is -0.465 e. The third kappa shape index (κ3) is 3.64. The van der Waals surface area contributed by atoms with Crippen molar-refractivity contribution in [1.82, 2.24) is 0 Å². The quantitative estimate of drug-likeness (QED) is 0.729. The number of carbonyl (C=O) groups excluding carboxylic acids is 1. The zero-order chi connectivity index (χ0) is 14.5. The molecule has 2 aromatic carbocycles. The van der Waals surface area contributed by atoms with Crippen molar-refractivity contribution >= 4 is 33.7 Å². The predicted octanol–water partition coefficient (Wildman–Crippen LogP) is 4.95. The first-order valence-electron chi connectivity index (χ1n) is 6.28. The SMILES string of the molecule is CCc1ccc(Sc2ccc(Br)cc2C(=O)OC)cc1. The predicted molar refractivity (Wildman–Crippen MR) is 85.4 cm³/mol. The molecule has 0 radical (unpaired) electrons. The fourth-order valence-corrected chi connectivity index (χ4v) is 3.06. The number of esters is 1. The molecule has 20 heavy (non-hydrogen) atoms. The lowest BCUT2D eigenvalue weighted by molar-refractivity contribution is 0.0596. The first-order chi connectivity index (χ1) is 9.63. The molecular formula is C16H15BrO2S. The van der Waals surface area contributed by atoms with Gasteiger partial charge in [0.25, 0.3) is 0 Å². The molecule has 0 N–H and O–H groups in total. The van der Waals surface area contributed by atoms with Crippen molar-refractivity contribution in [2.24, 2.45) is 0 Å². The lowest BCUT2D eigenvalue weighted by atomic mass is 10.2. The molecule has 0 aliphatic rings. The number of hydrogen-bond acceptors (Lipinski definition) is 3. The van der Waals surface area contributed by atoms with Gasteiger partial charge in [-0.15, -0.1) is 0 Å². The molecule has 0 aromatic heterocycles. The van der Waals surface area contributed by atoms with Gasteiger partial charge in [-0.3, -0.25) is 0 Å². The van der Waals surface area contributed by atoms with Crippen LogP contribution in [0.15, 0.2) is 56.7 Å². The van der Waals surface area contributed by atoms with Crippen molar-refractivity contribution in [3.8, 4) is 0 Å². The van der Waals surface area contributed by atoms with Gasteiger partial charge in [-0.05, 0) is 42.3 Å². The lowest BCUT2D eigenvalue weighted by Crippen LogP contribution is -2.03. The Hall–Kier alpha value is -1.26. The van der Waals surface area contributed by atoms with Crippen LogP contribution in [0.2, 0.25) is 0 Å². The molecule has 2 rings (SSSR count). The average molecular weight is 351 g/mol. The highest BCUT2D eigenvalue weighted by molar-refractivity contribution is 9.10. The molecule has 0 aliphatic carbocycles. The number of ether oxygens (including phenoxy) is 1. The maximum atomic E-state index is 11.8. The first kappa shape index (κ1) is 15.1. The summed E-state index contributed by atoms with van der Waals surface area (Å²) in [6.45, 7) is 2.13. The molecule has 104 valence electrons. The fraction of sp³-hybridized carbons (Fsp3) is 0.188. The zero-order valence-electron chi connectivity index (χ0n) is 11.4. The Morgan fingerprint density at radius 3 is 2.50 bits per heavy atom. The summed E-state index contributed by atoms with van der Waals surface area (Å²) in [7, 11) is 1.40. The van der Waals surface area contributed by atoms with Gasteiger partial charge in [0.2, 0.25) is 0 Å². The van der Waals surface area contributed by atoms with Gasteiger partial charge in [-0.25, -0.2) is 4.79 Å². The van der Waals surface area contributed by atoms with Crippen LogP contribution < -0.4 is 0 Å². The van der Waals surface area contributed by atoms with Crippen LogP contribution in [0.1, 0.15) is 22.8 Å². The van der Waals surface area contributed by atoms with E-state index in [0.29, 0.717) is 5.56 Å². The Morgan fingerprint density at radius 1 is 1.20 bits per heavy atom. The van der Waals surface area contributed by atoms with Gasteiger partial charge in [0.05, 0.1) is 12.7 Å². The van der Waals surface area contributed by atoms with Crippen LogP contribution >= 0.6 is 27.7 Å². The van der Waals surface area contributed by atoms with E-state index in [-0.39, 0.29) is 5.97 Å². The molecule has 0 spiro atoms. The smallest absolute Gasteiger partial charge is 0.339 e. The van der Waals surface area contributed by atoms with E-state index in [9.17, 15) is 4.79 Å². The van der Waals surface area contributed by atoms with Crippen LogP contribution in [0.25, 0.3) is 0 Å². The summed E-state index contributed by atoms with van der Waals surface area (Å²) in [6.07, 6.45) is 1.02. The van der Waals surface area contributed by atoms with Crippen molar-refractivity contribution in [2.75, 3.05) is 7.11 Å². The Labute approximate surface area is 131 Å². The van der Waals surface area contributed by atoms with Crippen LogP contribution in [0.3, 0.4) is 0 Å². The van der Waals surface area contributed by atoms with Gasteiger partial charge in [-0.2, -0.15) is 0 Å². The number of hydrogen-bond donors (Lipinski definition) is 0. The van der Waals surface area contributed by atoms with Crippen molar-refractivity contribution in [2.45, 2.75) is 23.1 Å². The summed E-state index contributed by atoms with van der Waals surface area (Å²) >= 11 is 4.95. The molecule has 0 bridgehead atoms. The van der Waals surface area contributed by atoms with Gasteiger partial charge in [0.15, 0.2) is 0 Å². The van der Waals surface area contributed by atoms with E-state index in [4.69, 9.17) is 4.74 Å². The van der Waals surface area contributed by atoms with Crippen LogP contribution in [-0.2, 0) is 11.2 Å². The summed E-state index contributed by atoms with van der Waals surface area (Å²) in [5, 5.41) is 0. The topological polar surface area (TPSA) is 26.3 Å². The number of methoxy groups -OCH3 is 1. The van der Waals surface area contributed by atoms with Crippen molar-refractivity contribution in [1.29, 1.82) is 0 Å². The van der Waals surface area contributed by atoms with E-state index in [1.165, 1.54) is 12.7 Å². The normalized spacial score (nSPS) is 10.3. The average Bonchev–Trinajstić information content (AvgIpc) is 2.49. The van der Waals surface area contributed by atoms with Crippen LogP contribution in [-0.4, -0.2) is 13.1 Å². The van der Waals surface area contributed by atoms with E-state index >= 15 is 0 Å². The molecular weight excluding hydrogens is 336 g/mol. The molecule has 0 atom stereocenters. The summed E-state index contributed by atoms with van der Waals surface area (Å²) in [6, 6.07) is 14.0. The molecule has 0 saturated heterocycles. The van der Waals surface area contributed by atoms with E-state index in [2.05, 4.69) is 47.1 Å². The Morgan fingerprint density at radius 2 is 1.90 bits per heavy atom. The molecule has 0 heterocycles. The van der Waals surface area contributed by atoms with E-state index in [1.807, 2.05) is 12.1 Å². The van der Waals surface area contributed by atoms with Gasteiger partial charge in [0, 0.05) is 14.3 Å². The number of rotatable bonds is 4. The van der Waals surface area contributed by atoms with Gasteiger partial charge in [0.1, 0.15) is 0 Å². The highest BCUT2D eigenvalue weighted by Crippen LogP contribution is 2.32. The van der Waals surface area contributed by atoms with Crippen LogP contribution in [0, 0.1) is 0 Å².